The van der Waals surface area contributed by atoms with E-state index in [2.05, 4.69) is 23.2 Å². The minimum atomic E-state index is 0.125. The van der Waals surface area contributed by atoms with E-state index < -0.39 is 0 Å². The molecule has 5 nitrogen and oxygen atoms in total. The highest BCUT2D eigenvalue weighted by molar-refractivity contribution is 7.99. The van der Waals surface area contributed by atoms with Crippen molar-refractivity contribution in [3.05, 3.63) is 59.1 Å². The first-order valence-electron chi connectivity index (χ1n) is 9.20. The molecular weight excluding hydrogens is 392 g/mol. The Morgan fingerprint density at radius 1 is 1.18 bits per heavy atom. The van der Waals surface area contributed by atoms with Crippen LogP contribution in [-0.4, -0.2) is 44.4 Å². The summed E-state index contributed by atoms with van der Waals surface area (Å²) >= 11 is 7.46. The Morgan fingerprint density at radius 2 is 1.89 bits per heavy atom. The molecule has 7 heteroatoms. The first-order valence-corrected chi connectivity index (χ1v) is 10.6. The number of halogens is 1. The molecule has 1 amide bonds. The summed E-state index contributed by atoms with van der Waals surface area (Å²) in [5.74, 6) is 1.20. The summed E-state index contributed by atoms with van der Waals surface area (Å²) < 4.78 is 2.02. The SMILES string of the molecule is Cc1ccccc1-n1c(SCC(=O)N(C)C2CC2)nnc1-c1ccc(Cl)cc1. The molecule has 0 radical (unpaired) electrons. The minimum absolute atomic E-state index is 0.125. The summed E-state index contributed by atoms with van der Waals surface area (Å²) in [7, 11) is 1.88. The quantitative estimate of drug-likeness (QED) is 0.555. The molecule has 1 fully saturated rings. The van der Waals surface area contributed by atoms with Crippen LogP contribution >= 0.6 is 23.4 Å². The smallest absolute Gasteiger partial charge is 0.233 e. The maximum absolute atomic E-state index is 12.5. The van der Waals surface area contributed by atoms with E-state index in [4.69, 9.17) is 11.6 Å². The average molecular weight is 413 g/mol. The van der Waals surface area contributed by atoms with E-state index in [1.807, 2.05) is 59.0 Å². The van der Waals surface area contributed by atoms with Gasteiger partial charge in [-0.05, 0) is 55.7 Å². The van der Waals surface area contributed by atoms with Crippen molar-refractivity contribution in [2.45, 2.75) is 31.0 Å². The molecule has 4 rings (SSSR count). The molecule has 1 aliphatic rings. The van der Waals surface area contributed by atoms with Crippen molar-refractivity contribution in [1.82, 2.24) is 19.7 Å². The third-order valence-electron chi connectivity index (χ3n) is 4.90. The Kier molecular flexibility index (Phi) is 5.42. The lowest BCUT2D eigenvalue weighted by Gasteiger charge is -2.16. The molecule has 0 spiro atoms. The molecule has 2 aromatic carbocycles. The van der Waals surface area contributed by atoms with E-state index in [0.717, 1.165) is 35.5 Å². The summed E-state index contributed by atoms with van der Waals surface area (Å²) in [6.45, 7) is 2.06. The van der Waals surface area contributed by atoms with Crippen LogP contribution in [0.3, 0.4) is 0 Å². The zero-order valence-corrected chi connectivity index (χ0v) is 17.4. The van der Waals surface area contributed by atoms with Crippen LogP contribution in [0.1, 0.15) is 18.4 Å². The fraction of sp³-hybridized carbons (Fsp3) is 0.286. The summed E-state index contributed by atoms with van der Waals surface area (Å²) in [6, 6.07) is 16.1. The van der Waals surface area contributed by atoms with Gasteiger partial charge in [0.2, 0.25) is 5.91 Å². The first-order chi connectivity index (χ1) is 13.5. The zero-order valence-electron chi connectivity index (χ0n) is 15.8. The number of benzene rings is 2. The first kappa shape index (κ1) is 19.0. The highest BCUT2D eigenvalue weighted by Gasteiger charge is 2.29. The number of carbonyl (C=O) groups excluding carboxylic acids is 1. The molecular formula is C21H21ClN4OS. The molecule has 1 aliphatic carbocycles. The lowest BCUT2D eigenvalue weighted by molar-refractivity contribution is -0.127. The molecule has 1 saturated carbocycles. The number of amides is 1. The fourth-order valence-electron chi connectivity index (χ4n) is 3.07. The van der Waals surface area contributed by atoms with E-state index in [-0.39, 0.29) is 5.91 Å². The molecule has 0 atom stereocenters. The van der Waals surface area contributed by atoms with Crippen LogP contribution in [0.4, 0.5) is 0 Å². The number of aromatic nitrogens is 3. The van der Waals surface area contributed by atoms with Crippen molar-refractivity contribution >= 4 is 29.3 Å². The predicted molar refractivity (Wildman–Crippen MR) is 113 cm³/mol. The topological polar surface area (TPSA) is 51.0 Å². The highest BCUT2D eigenvalue weighted by atomic mass is 35.5. The third-order valence-corrected chi connectivity index (χ3v) is 6.07. The molecule has 0 saturated heterocycles. The van der Waals surface area contributed by atoms with Crippen molar-refractivity contribution in [2.24, 2.45) is 0 Å². The lowest BCUT2D eigenvalue weighted by Crippen LogP contribution is -2.30. The summed E-state index contributed by atoms with van der Waals surface area (Å²) in [5.41, 5.74) is 3.04. The van der Waals surface area contributed by atoms with Crippen LogP contribution < -0.4 is 0 Å². The molecule has 1 heterocycles. The molecule has 28 heavy (non-hydrogen) atoms. The number of carbonyl (C=O) groups is 1. The van der Waals surface area contributed by atoms with E-state index in [1.54, 1.807) is 0 Å². The molecule has 0 aliphatic heterocycles. The van der Waals surface area contributed by atoms with Crippen LogP contribution in [0.15, 0.2) is 53.7 Å². The Balaban J connectivity index is 1.69. The summed E-state index contributed by atoms with van der Waals surface area (Å²) in [6.07, 6.45) is 2.21. The minimum Gasteiger partial charge on any atom is -0.342 e. The Hall–Kier alpha value is -2.31. The molecule has 0 unspecified atom stereocenters. The predicted octanol–water partition coefficient (Wildman–Crippen LogP) is 4.61. The second-order valence-corrected chi connectivity index (χ2v) is 8.34. The van der Waals surface area contributed by atoms with Gasteiger partial charge < -0.3 is 4.90 Å². The van der Waals surface area contributed by atoms with Gasteiger partial charge in [0.05, 0.1) is 11.4 Å². The largest absolute Gasteiger partial charge is 0.342 e. The third kappa shape index (κ3) is 3.93. The van der Waals surface area contributed by atoms with Crippen LogP contribution in [-0.2, 0) is 4.79 Å². The number of aryl methyl sites for hydroxylation is 1. The zero-order chi connectivity index (χ0) is 19.7. The van der Waals surface area contributed by atoms with Crippen molar-refractivity contribution in [3.8, 4) is 17.1 Å². The van der Waals surface area contributed by atoms with Gasteiger partial charge in [-0.2, -0.15) is 0 Å². The summed E-state index contributed by atoms with van der Waals surface area (Å²) in [5, 5.41) is 10.2. The van der Waals surface area contributed by atoms with Gasteiger partial charge >= 0.3 is 0 Å². The number of para-hydroxylation sites is 1. The number of hydrogen-bond acceptors (Lipinski definition) is 4. The maximum Gasteiger partial charge on any atom is 0.233 e. The second-order valence-electron chi connectivity index (χ2n) is 6.96. The highest BCUT2D eigenvalue weighted by Crippen LogP contribution is 2.31. The lowest BCUT2D eigenvalue weighted by atomic mass is 10.1. The van der Waals surface area contributed by atoms with Crippen molar-refractivity contribution in [3.63, 3.8) is 0 Å². The van der Waals surface area contributed by atoms with Crippen molar-refractivity contribution in [2.75, 3.05) is 12.8 Å². The number of nitrogens with zero attached hydrogens (tertiary/aromatic N) is 4. The standard InChI is InChI=1S/C21H21ClN4OS/c1-14-5-3-4-6-18(14)26-20(15-7-9-16(22)10-8-15)23-24-21(26)28-13-19(27)25(2)17-11-12-17/h3-10,17H,11-13H2,1-2H3. The normalized spacial score (nSPS) is 13.5. The van der Waals surface area contributed by atoms with Crippen LogP contribution in [0.5, 0.6) is 0 Å². The van der Waals surface area contributed by atoms with Gasteiger partial charge in [-0.15, -0.1) is 10.2 Å². The van der Waals surface area contributed by atoms with Crippen molar-refractivity contribution in [1.29, 1.82) is 0 Å². The molecule has 0 N–H and O–H groups in total. The van der Waals surface area contributed by atoms with Gasteiger partial charge in [0.1, 0.15) is 0 Å². The molecule has 3 aromatic rings. The number of hydrogen-bond donors (Lipinski definition) is 0. The van der Waals surface area contributed by atoms with Crippen LogP contribution in [0.2, 0.25) is 5.02 Å². The second kappa shape index (κ2) is 7.97. The number of rotatable bonds is 6. The van der Waals surface area contributed by atoms with E-state index in [0.29, 0.717) is 22.0 Å². The van der Waals surface area contributed by atoms with Gasteiger partial charge in [0, 0.05) is 23.7 Å². The summed E-state index contributed by atoms with van der Waals surface area (Å²) in [4.78, 5) is 14.3. The van der Waals surface area contributed by atoms with Gasteiger partial charge in [-0.25, -0.2) is 0 Å². The van der Waals surface area contributed by atoms with Crippen LogP contribution in [0.25, 0.3) is 17.1 Å². The van der Waals surface area contributed by atoms with Crippen molar-refractivity contribution < 1.29 is 4.79 Å². The van der Waals surface area contributed by atoms with E-state index >= 15 is 0 Å². The van der Waals surface area contributed by atoms with Gasteiger partial charge in [-0.1, -0.05) is 41.6 Å². The van der Waals surface area contributed by atoms with Gasteiger partial charge in [0.15, 0.2) is 11.0 Å². The number of thioether (sulfide) groups is 1. The monoisotopic (exact) mass is 412 g/mol. The Morgan fingerprint density at radius 3 is 2.57 bits per heavy atom. The molecule has 0 bridgehead atoms. The Bertz CT molecular complexity index is 998. The fourth-order valence-corrected chi connectivity index (χ4v) is 4.07. The maximum atomic E-state index is 12.5. The average Bonchev–Trinajstić information content (AvgIpc) is 3.47. The molecule has 144 valence electrons. The van der Waals surface area contributed by atoms with Gasteiger partial charge in [0.25, 0.3) is 0 Å². The van der Waals surface area contributed by atoms with E-state index in [9.17, 15) is 4.79 Å². The van der Waals surface area contributed by atoms with E-state index in [1.165, 1.54) is 11.8 Å². The van der Waals surface area contributed by atoms with Gasteiger partial charge in [-0.3, -0.25) is 9.36 Å². The Labute approximate surface area is 173 Å². The molecule has 1 aromatic heterocycles. The van der Waals surface area contributed by atoms with Crippen LogP contribution in [0, 0.1) is 6.92 Å².